The lowest BCUT2D eigenvalue weighted by molar-refractivity contribution is -0.112. The maximum atomic E-state index is 10.4. The second-order valence-corrected chi connectivity index (χ2v) is 3.56. The molecule has 72 valence electrons. The van der Waals surface area contributed by atoms with E-state index in [0.29, 0.717) is 5.56 Å². The van der Waals surface area contributed by atoms with Gasteiger partial charge in [0.25, 0.3) is 5.91 Å². The van der Waals surface area contributed by atoms with Crippen LogP contribution in [0.5, 0.6) is 0 Å². The zero-order chi connectivity index (χ0) is 10.7. The Morgan fingerprint density at radius 1 is 1.21 bits per heavy atom. The van der Waals surface area contributed by atoms with Crippen molar-refractivity contribution in [3.63, 3.8) is 0 Å². The van der Waals surface area contributed by atoms with Crippen LogP contribution in [0.25, 0.3) is 0 Å². The summed E-state index contributed by atoms with van der Waals surface area (Å²) in [6.45, 7) is 0. The number of carbonyl (C=O) groups excluding carboxylic acids is 1. The molecular weight excluding hydrogens is 244 g/mol. The molecule has 0 fully saturated rings. The molecule has 0 radical (unpaired) electrons. The molecule has 2 N–H and O–H groups in total. The fourth-order valence-electron chi connectivity index (χ4n) is 0.761. The molecule has 0 saturated heterocycles. The van der Waals surface area contributed by atoms with Gasteiger partial charge in [0.15, 0.2) is 0 Å². The van der Waals surface area contributed by atoms with E-state index >= 15 is 0 Å². The third kappa shape index (κ3) is 2.81. The normalized spacial score (nSPS) is 9.07. The molecular formula is C9H4Cl3NO. The molecule has 0 aliphatic carbocycles. The molecule has 5 heteroatoms. The van der Waals surface area contributed by atoms with Crippen molar-refractivity contribution in [3.8, 4) is 11.8 Å². The Morgan fingerprint density at radius 3 is 2.14 bits per heavy atom. The van der Waals surface area contributed by atoms with Gasteiger partial charge in [0.05, 0.1) is 15.1 Å². The van der Waals surface area contributed by atoms with Crippen LogP contribution in [0.15, 0.2) is 12.1 Å². The van der Waals surface area contributed by atoms with Crippen molar-refractivity contribution < 1.29 is 4.79 Å². The SMILES string of the molecule is NC(=O)C#Cc1cc(Cl)c(Cl)c(Cl)c1. The minimum absolute atomic E-state index is 0.262. The minimum Gasteiger partial charge on any atom is -0.359 e. The summed E-state index contributed by atoms with van der Waals surface area (Å²) >= 11 is 17.2. The predicted molar refractivity (Wildman–Crippen MR) is 57.5 cm³/mol. The van der Waals surface area contributed by atoms with Crippen LogP contribution in [-0.2, 0) is 4.79 Å². The van der Waals surface area contributed by atoms with Gasteiger partial charge in [0, 0.05) is 5.56 Å². The Morgan fingerprint density at radius 2 is 1.71 bits per heavy atom. The van der Waals surface area contributed by atoms with Crippen LogP contribution >= 0.6 is 34.8 Å². The van der Waals surface area contributed by atoms with Gasteiger partial charge in [-0.05, 0) is 18.1 Å². The van der Waals surface area contributed by atoms with E-state index in [9.17, 15) is 4.79 Å². The second kappa shape index (κ2) is 4.56. The number of amides is 1. The van der Waals surface area contributed by atoms with Crippen LogP contribution in [0.2, 0.25) is 15.1 Å². The molecule has 0 bridgehead atoms. The molecule has 0 unspecified atom stereocenters. The van der Waals surface area contributed by atoms with Crippen LogP contribution in [-0.4, -0.2) is 5.91 Å². The predicted octanol–water partition coefficient (Wildman–Crippen LogP) is 2.48. The summed E-state index contributed by atoms with van der Waals surface area (Å²) in [5.41, 5.74) is 5.33. The van der Waals surface area contributed by atoms with Gasteiger partial charge in [-0.2, -0.15) is 0 Å². The molecule has 0 aliphatic rings. The lowest BCUT2D eigenvalue weighted by atomic mass is 10.2. The monoisotopic (exact) mass is 247 g/mol. The van der Waals surface area contributed by atoms with Crippen LogP contribution in [0.3, 0.4) is 0 Å². The molecule has 1 rings (SSSR count). The number of carbonyl (C=O) groups is 1. The van der Waals surface area contributed by atoms with E-state index in [4.69, 9.17) is 40.5 Å². The molecule has 2 nitrogen and oxygen atoms in total. The summed E-state index contributed by atoms with van der Waals surface area (Å²) in [7, 11) is 0. The average Bonchev–Trinajstić information content (AvgIpc) is 2.10. The van der Waals surface area contributed by atoms with Crippen LogP contribution in [0.4, 0.5) is 0 Å². The Bertz CT molecular complexity index is 422. The van der Waals surface area contributed by atoms with Crippen molar-refractivity contribution in [2.75, 3.05) is 0 Å². The molecule has 0 aliphatic heterocycles. The summed E-state index contributed by atoms with van der Waals surface area (Å²) in [4.78, 5) is 10.4. The summed E-state index contributed by atoms with van der Waals surface area (Å²) < 4.78 is 0. The average molecular weight is 248 g/mol. The fourth-order valence-corrected chi connectivity index (χ4v) is 1.36. The molecule has 0 spiro atoms. The van der Waals surface area contributed by atoms with Gasteiger partial charge in [-0.15, -0.1) is 0 Å². The largest absolute Gasteiger partial charge is 0.359 e. The first-order chi connectivity index (χ1) is 6.50. The smallest absolute Gasteiger partial charge is 0.293 e. The maximum Gasteiger partial charge on any atom is 0.293 e. The first-order valence-electron chi connectivity index (χ1n) is 3.46. The first-order valence-corrected chi connectivity index (χ1v) is 4.60. The Labute approximate surface area is 95.9 Å². The summed E-state index contributed by atoms with van der Waals surface area (Å²) in [5.74, 6) is 3.95. The number of hydrogen-bond donors (Lipinski definition) is 1. The quantitative estimate of drug-likeness (QED) is 0.556. The van der Waals surface area contributed by atoms with E-state index < -0.39 is 5.91 Å². The molecule has 0 atom stereocenters. The molecule has 0 saturated carbocycles. The standard InChI is InChI=1S/C9H4Cl3NO/c10-6-3-5(1-2-8(13)14)4-7(11)9(6)12/h3-4H,(H2,13,14). The summed E-state index contributed by atoms with van der Waals surface area (Å²) in [5, 5.41) is 0.832. The highest BCUT2D eigenvalue weighted by molar-refractivity contribution is 6.48. The molecule has 0 heterocycles. The first kappa shape index (κ1) is 11.2. The van der Waals surface area contributed by atoms with Gasteiger partial charge in [0.1, 0.15) is 0 Å². The Kier molecular flexibility index (Phi) is 3.65. The number of hydrogen-bond acceptors (Lipinski definition) is 1. The Hall–Kier alpha value is -0.880. The number of rotatable bonds is 0. The lowest BCUT2D eigenvalue weighted by Gasteiger charge is -1.98. The lowest BCUT2D eigenvalue weighted by Crippen LogP contribution is -2.06. The van der Waals surface area contributed by atoms with Crippen molar-refractivity contribution in [2.24, 2.45) is 5.73 Å². The third-order valence-electron chi connectivity index (χ3n) is 1.31. The molecule has 14 heavy (non-hydrogen) atoms. The van der Waals surface area contributed by atoms with E-state index in [-0.39, 0.29) is 15.1 Å². The van der Waals surface area contributed by atoms with Crippen molar-refractivity contribution in [1.29, 1.82) is 0 Å². The highest BCUT2D eigenvalue weighted by Gasteiger charge is 2.04. The molecule has 1 aromatic carbocycles. The van der Waals surface area contributed by atoms with Crippen LogP contribution in [0.1, 0.15) is 5.56 Å². The Balaban J connectivity index is 3.15. The van der Waals surface area contributed by atoms with Gasteiger partial charge in [-0.3, -0.25) is 4.79 Å². The van der Waals surface area contributed by atoms with Crippen molar-refractivity contribution in [2.45, 2.75) is 0 Å². The number of benzene rings is 1. The number of primary amides is 1. The van der Waals surface area contributed by atoms with E-state index in [1.54, 1.807) is 0 Å². The molecule has 1 aromatic rings. The summed E-state index contributed by atoms with van der Waals surface area (Å²) in [6.07, 6.45) is 0. The number of halogens is 3. The van der Waals surface area contributed by atoms with Crippen LogP contribution < -0.4 is 5.73 Å². The fraction of sp³-hybridized carbons (Fsp3) is 0. The molecule has 1 amide bonds. The topological polar surface area (TPSA) is 43.1 Å². The van der Waals surface area contributed by atoms with Crippen molar-refractivity contribution >= 4 is 40.7 Å². The van der Waals surface area contributed by atoms with Crippen molar-refractivity contribution in [1.82, 2.24) is 0 Å². The van der Waals surface area contributed by atoms with Gasteiger partial charge in [-0.1, -0.05) is 40.7 Å². The molecule has 0 aromatic heterocycles. The highest BCUT2D eigenvalue weighted by Crippen LogP contribution is 2.30. The third-order valence-corrected chi connectivity index (χ3v) is 2.51. The number of nitrogens with two attached hydrogens (primary N) is 1. The summed E-state index contributed by atoms with van der Waals surface area (Å²) in [6, 6.07) is 3.01. The zero-order valence-corrected chi connectivity index (χ0v) is 9.04. The minimum atomic E-state index is -0.716. The van der Waals surface area contributed by atoms with E-state index in [2.05, 4.69) is 11.8 Å². The maximum absolute atomic E-state index is 10.4. The highest BCUT2D eigenvalue weighted by atomic mass is 35.5. The van der Waals surface area contributed by atoms with Gasteiger partial charge < -0.3 is 5.73 Å². The van der Waals surface area contributed by atoms with E-state index in [0.717, 1.165) is 0 Å². The van der Waals surface area contributed by atoms with Crippen LogP contribution in [0, 0.1) is 11.8 Å². The second-order valence-electron chi connectivity index (χ2n) is 2.37. The zero-order valence-electron chi connectivity index (χ0n) is 6.77. The van der Waals surface area contributed by atoms with Gasteiger partial charge in [0.2, 0.25) is 0 Å². The van der Waals surface area contributed by atoms with Crippen molar-refractivity contribution in [3.05, 3.63) is 32.8 Å². The van der Waals surface area contributed by atoms with E-state index in [1.807, 2.05) is 0 Å². The van der Waals surface area contributed by atoms with Gasteiger partial charge >= 0.3 is 0 Å². The van der Waals surface area contributed by atoms with Gasteiger partial charge in [-0.25, -0.2) is 0 Å². The van der Waals surface area contributed by atoms with E-state index in [1.165, 1.54) is 12.1 Å².